The van der Waals surface area contributed by atoms with Crippen molar-refractivity contribution >= 4 is 11.3 Å². The van der Waals surface area contributed by atoms with Gasteiger partial charge in [-0.25, -0.2) is 9.37 Å². The third-order valence-corrected chi connectivity index (χ3v) is 3.15. The van der Waals surface area contributed by atoms with Crippen LogP contribution in [0.3, 0.4) is 0 Å². The van der Waals surface area contributed by atoms with Gasteiger partial charge in [0.1, 0.15) is 23.2 Å². The zero-order chi connectivity index (χ0) is 13.0. The molecule has 18 heavy (non-hydrogen) atoms. The van der Waals surface area contributed by atoms with Crippen LogP contribution >= 0.6 is 11.3 Å². The second kappa shape index (κ2) is 5.93. The highest BCUT2D eigenvalue weighted by molar-refractivity contribution is 7.09. The van der Waals surface area contributed by atoms with Crippen molar-refractivity contribution in [2.24, 2.45) is 5.73 Å². The number of benzene rings is 1. The van der Waals surface area contributed by atoms with Gasteiger partial charge in [0.05, 0.1) is 0 Å². The molecular formula is C13H15FN2OS. The minimum Gasteiger partial charge on any atom is -0.486 e. The molecule has 0 aliphatic heterocycles. The van der Waals surface area contributed by atoms with Crippen LogP contribution in [0.15, 0.2) is 29.8 Å². The van der Waals surface area contributed by atoms with E-state index in [1.54, 1.807) is 12.3 Å². The maximum Gasteiger partial charge on any atom is 0.140 e. The Hall–Kier alpha value is -1.46. The summed E-state index contributed by atoms with van der Waals surface area (Å²) in [4.78, 5) is 4.13. The molecule has 5 heteroatoms. The van der Waals surface area contributed by atoms with Gasteiger partial charge in [-0.15, -0.1) is 11.3 Å². The van der Waals surface area contributed by atoms with Crippen LogP contribution in [-0.2, 0) is 13.0 Å². The third-order valence-electron chi connectivity index (χ3n) is 2.40. The fraction of sp³-hybridized carbons (Fsp3) is 0.308. The molecule has 0 aliphatic carbocycles. The molecule has 0 radical (unpaired) electrons. The second-order valence-corrected chi connectivity index (χ2v) is 5.13. The van der Waals surface area contributed by atoms with E-state index in [0.717, 1.165) is 10.6 Å². The van der Waals surface area contributed by atoms with E-state index in [1.165, 1.54) is 23.5 Å². The van der Waals surface area contributed by atoms with Crippen LogP contribution in [0.25, 0.3) is 0 Å². The zero-order valence-electron chi connectivity index (χ0n) is 10.1. The van der Waals surface area contributed by atoms with Crippen molar-refractivity contribution in [1.82, 2.24) is 4.98 Å². The SMILES string of the molecule is CC(N)Cc1cc(F)ccc1OCc1nccs1. The maximum absolute atomic E-state index is 13.2. The first-order valence-corrected chi connectivity index (χ1v) is 6.58. The molecule has 2 N–H and O–H groups in total. The predicted octanol–water partition coefficient (Wildman–Crippen LogP) is 2.75. The van der Waals surface area contributed by atoms with Gasteiger partial charge in [-0.05, 0) is 37.1 Å². The normalized spacial score (nSPS) is 12.4. The summed E-state index contributed by atoms with van der Waals surface area (Å²) in [5, 5.41) is 2.79. The lowest BCUT2D eigenvalue weighted by Gasteiger charge is -2.12. The summed E-state index contributed by atoms with van der Waals surface area (Å²) < 4.78 is 18.9. The van der Waals surface area contributed by atoms with E-state index in [-0.39, 0.29) is 11.9 Å². The highest BCUT2D eigenvalue weighted by Crippen LogP contribution is 2.22. The first-order valence-electron chi connectivity index (χ1n) is 5.70. The van der Waals surface area contributed by atoms with Crippen molar-refractivity contribution in [2.45, 2.75) is 26.0 Å². The van der Waals surface area contributed by atoms with E-state index in [0.29, 0.717) is 18.8 Å². The molecule has 1 unspecified atom stereocenters. The van der Waals surface area contributed by atoms with Crippen molar-refractivity contribution < 1.29 is 9.13 Å². The third kappa shape index (κ3) is 3.51. The number of aromatic nitrogens is 1. The van der Waals surface area contributed by atoms with Crippen molar-refractivity contribution in [2.75, 3.05) is 0 Å². The maximum atomic E-state index is 13.2. The number of hydrogen-bond acceptors (Lipinski definition) is 4. The van der Waals surface area contributed by atoms with Crippen molar-refractivity contribution in [3.05, 3.63) is 46.2 Å². The Balaban J connectivity index is 2.10. The first kappa shape index (κ1) is 13.0. The van der Waals surface area contributed by atoms with Crippen LogP contribution in [0, 0.1) is 5.82 Å². The van der Waals surface area contributed by atoms with Crippen LogP contribution in [0.2, 0.25) is 0 Å². The van der Waals surface area contributed by atoms with E-state index in [2.05, 4.69) is 4.98 Å². The number of nitrogens with two attached hydrogens (primary N) is 1. The molecule has 1 heterocycles. The highest BCUT2D eigenvalue weighted by atomic mass is 32.1. The van der Waals surface area contributed by atoms with Gasteiger partial charge in [-0.1, -0.05) is 0 Å². The Morgan fingerprint density at radius 2 is 2.33 bits per heavy atom. The average Bonchev–Trinajstić information content (AvgIpc) is 2.80. The lowest BCUT2D eigenvalue weighted by molar-refractivity contribution is 0.301. The largest absolute Gasteiger partial charge is 0.486 e. The standard InChI is InChI=1S/C13H15FN2OS/c1-9(15)6-10-7-11(14)2-3-12(10)17-8-13-16-4-5-18-13/h2-5,7,9H,6,8,15H2,1H3. The van der Waals surface area contributed by atoms with Crippen molar-refractivity contribution in [3.63, 3.8) is 0 Å². The van der Waals surface area contributed by atoms with E-state index in [4.69, 9.17) is 10.5 Å². The van der Waals surface area contributed by atoms with E-state index in [9.17, 15) is 4.39 Å². The number of ether oxygens (including phenoxy) is 1. The monoisotopic (exact) mass is 266 g/mol. The van der Waals surface area contributed by atoms with E-state index < -0.39 is 0 Å². The molecule has 0 spiro atoms. The van der Waals surface area contributed by atoms with Crippen LogP contribution in [-0.4, -0.2) is 11.0 Å². The van der Waals surface area contributed by atoms with Gasteiger partial charge in [-0.3, -0.25) is 0 Å². The number of thiazole rings is 1. The predicted molar refractivity (Wildman–Crippen MR) is 70.2 cm³/mol. The van der Waals surface area contributed by atoms with Crippen LogP contribution in [0.4, 0.5) is 4.39 Å². The summed E-state index contributed by atoms with van der Waals surface area (Å²) in [6, 6.07) is 4.47. The molecule has 2 rings (SSSR count). The molecule has 0 bridgehead atoms. The summed E-state index contributed by atoms with van der Waals surface area (Å²) in [5.41, 5.74) is 6.54. The molecule has 0 saturated heterocycles. The quantitative estimate of drug-likeness (QED) is 0.905. The van der Waals surface area contributed by atoms with Gasteiger partial charge in [0.2, 0.25) is 0 Å². The van der Waals surface area contributed by atoms with Gasteiger partial charge < -0.3 is 10.5 Å². The molecule has 2 aromatic rings. The van der Waals surface area contributed by atoms with Gasteiger partial charge in [0.15, 0.2) is 0 Å². The Morgan fingerprint density at radius 1 is 1.50 bits per heavy atom. The highest BCUT2D eigenvalue weighted by Gasteiger charge is 2.08. The Kier molecular flexibility index (Phi) is 4.28. The summed E-state index contributed by atoms with van der Waals surface area (Å²) in [6.07, 6.45) is 2.32. The van der Waals surface area contributed by atoms with Crippen molar-refractivity contribution in [1.29, 1.82) is 0 Å². The van der Waals surface area contributed by atoms with Crippen LogP contribution < -0.4 is 10.5 Å². The van der Waals surface area contributed by atoms with Gasteiger partial charge in [-0.2, -0.15) is 0 Å². The molecule has 0 saturated carbocycles. The fourth-order valence-corrected chi connectivity index (χ4v) is 2.19. The topological polar surface area (TPSA) is 48.1 Å². The fourth-order valence-electron chi connectivity index (χ4n) is 1.66. The average molecular weight is 266 g/mol. The molecule has 3 nitrogen and oxygen atoms in total. The Labute approximate surface area is 109 Å². The summed E-state index contributed by atoms with van der Waals surface area (Å²) >= 11 is 1.53. The van der Waals surface area contributed by atoms with Crippen LogP contribution in [0.1, 0.15) is 17.5 Å². The van der Waals surface area contributed by atoms with E-state index in [1.807, 2.05) is 12.3 Å². The molecule has 96 valence electrons. The minimum absolute atomic E-state index is 0.0333. The molecule has 1 aromatic heterocycles. The molecule has 1 atom stereocenters. The molecule has 0 aliphatic rings. The molecule has 0 fully saturated rings. The van der Waals surface area contributed by atoms with Crippen molar-refractivity contribution in [3.8, 4) is 5.75 Å². The summed E-state index contributed by atoms with van der Waals surface area (Å²) in [6.45, 7) is 2.28. The smallest absolute Gasteiger partial charge is 0.140 e. The van der Waals surface area contributed by atoms with Crippen LogP contribution in [0.5, 0.6) is 5.75 Å². The molecule has 0 amide bonds. The number of hydrogen-bond donors (Lipinski definition) is 1. The number of halogens is 1. The van der Waals surface area contributed by atoms with Gasteiger partial charge in [0.25, 0.3) is 0 Å². The summed E-state index contributed by atoms with van der Waals surface area (Å²) in [5.74, 6) is 0.399. The van der Waals surface area contributed by atoms with Gasteiger partial charge in [0, 0.05) is 17.6 Å². The second-order valence-electron chi connectivity index (χ2n) is 4.15. The van der Waals surface area contributed by atoms with Gasteiger partial charge >= 0.3 is 0 Å². The Morgan fingerprint density at radius 3 is 3.00 bits per heavy atom. The first-order chi connectivity index (χ1) is 8.65. The summed E-state index contributed by atoms with van der Waals surface area (Å²) in [7, 11) is 0. The lowest BCUT2D eigenvalue weighted by Crippen LogP contribution is -2.18. The zero-order valence-corrected chi connectivity index (χ0v) is 10.9. The molecule has 1 aromatic carbocycles. The lowest BCUT2D eigenvalue weighted by atomic mass is 10.1. The number of nitrogens with zero attached hydrogens (tertiary/aromatic N) is 1. The molecular weight excluding hydrogens is 251 g/mol. The number of rotatable bonds is 5. The minimum atomic E-state index is -0.271. The van der Waals surface area contributed by atoms with E-state index >= 15 is 0 Å². The Bertz CT molecular complexity index is 500.